The smallest absolute Gasteiger partial charge is 0.349 e. The van der Waals surface area contributed by atoms with Gasteiger partial charge in [0, 0.05) is 25.6 Å². The molecular weight excluding hydrogens is 320 g/mol. The summed E-state index contributed by atoms with van der Waals surface area (Å²) in [6.45, 7) is 3.07. The van der Waals surface area contributed by atoms with E-state index in [0.29, 0.717) is 5.69 Å². The van der Waals surface area contributed by atoms with E-state index in [2.05, 4.69) is 4.98 Å². The normalized spacial score (nSPS) is 15.5. The molecule has 0 aliphatic carbocycles. The molecule has 0 N–H and O–H groups in total. The summed E-state index contributed by atoms with van der Waals surface area (Å²) in [7, 11) is 0. The molecule has 0 saturated carbocycles. The van der Waals surface area contributed by atoms with Gasteiger partial charge >= 0.3 is 5.97 Å². The first kappa shape index (κ1) is 16.2. The number of aromatic nitrogens is 1. The van der Waals surface area contributed by atoms with Gasteiger partial charge in [0.15, 0.2) is 0 Å². The van der Waals surface area contributed by atoms with Crippen molar-refractivity contribution >= 4 is 5.97 Å². The minimum atomic E-state index is -2.72. The average molecular weight is 335 g/mol. The minimum Gasteiger partial charge on any atom is -0.486 e. The van der Waals surface area contributed by atoms with Gasteiger partial charge in [0.05, 0.1) is 5.69 Å². The minimum absolute atomic E-state index is 0.00495. The van der Waals surface area contributed by atoms with Crippen LogP contribution in [0.1, 0.15) is 41.9 Å². The third-order valence-corrected chi connectivity index (χ3v) is 3.34. The van der Waals surface area contributed by atoms with E-state index >= 15 is 0 Å². The van der Waals surface area contributed by atoms with Crippen LogP contribution in [-0.4, -0.2) is 16.7 Å². The largest absolute Gasteiger partial charge is 0.486 e. The van der Waals surface area contributed by atoms with Crippen LogP contribution in [0, 0.1) is 0 Å². The Morgan fingerprint density at radius 3 is 2.71 bits per heavy atom. The fourth-order valence-corrected chi connectivity index (χ4v) is 2.33. The summed E-state index contributed by atoms with van der Waals surface area (Å²) in [5, 5.41) is 0. The number of carbonyl (C=O) groups is 1. The molecule has 0 saturated heterocycles. The Morgan fingerprint density at radius 1 is 1.25 bits per heavy atom. The van der Waals surface area contributed by atoms with Crippen LogP contribution >= 0.6 is 0 Å². The summed E-state index contributed by atoms with van der Waals surface area (Å²) in [5.74, 6) is -1.92. The van der Waals surface area contributed by atoms with Crippen molar-refractivity contribution in [1.82, 2.24) is 4.98 Å². The number of benzene rings is 1. The van der Waals surface area contributed by atoms with Crippen LogP contribution in [0.5, 0.6) is 11.5 Å². The van der Waals surface area contributed by atoms with E-state index < -0.39 is 18.2 Å². The zero-order valence-corrected chi connectivity index (χ0v) is 13.1. The maximum absolute atomic E-state index is 13.1. The quantitative estimate of drug-likeness (QED) is 0.794. The second-order valence-corrected chi connectivity index (χ2v) is 5.69. The van der Waals surface area contributed by atoms with Gasteiger partial charge in [-0.05, 0) is 24.3 Å². The first-order chi connectivity index (χ1) is 11.4. The van der Waals surface area contributed by atoms with Crippen molar-refractivity contribution in [3.05, 3.63) is 53.3 Å². The highest BCUT2D eigenvalue weighted by molar-refractivity contribution is 5.96. The Morgan fingerprint density at radius 2 is 2.04 bits per heavy atom. The molecule has 1 aromatic heterocycles. The summed E-state index contributed by atoms with van der Waals surface area (Å²) in [6.07, 6.45) is -1.14. The van der Waals surface area contributed by atoms with Gasteiger partial charge < -0.3 is 14.2 Å². The van der Waals surface area contributed by atoms with Crippen molar-refractivity contribution in [3.63, 3.8) is 0 Å². The van der Waals surface area contributed by atoms with Crippen LogP contribution in [0.15, 0.2) is 36.5 Å². The molecular formula is C17H15F2NO4. The van der Waals surface area contributed by atoms with E-state index in [-0.39, 0.29) is 29.2 Å². The lowest BCUT2D eigenvalue weighted by molar-refractivity contribution is -0.127. The van der Waals surface area contributed by atoms with Gasteiger partial charge in [0.2, 0.25) is 5.79 Å². The Kier molecular flexibility index (Phi) is 4.09. The number of hydrogen-bond donors (Lipinski definition) is 0. The number of rotatable bonds is 4. The summed E-state index contributed by atoms with van der Waals surface area (Å²) in [4.78, 5) is 16.3. The number of carbonyl (C=O) groups excluding carboxylic acids is 1. The molecule has 5 nitrogen and oxygen atoms in total. The molecule has 0 unspecified atom stereocenters. The summed E-state index contributed by atoms with van der Waals surface area (Å²) in [6, 6.07) is 7.50. The third-order valence-electron chi connectivity index (χ3n) is 3.34. The van der Waals surface area contributed by atoms with Crippen LogP contribution in [0.4, 0.5) is 8.78 Å². The molecule has 0 bridgehead atoms. The lowest BCUT2D eigenvalue weighted by Gasteiger charge is -2.32. The SMILES string of the molecule is CC1(C)OC(=O)c2c(OCc3ccccn3)cc(C(F)F)cc2O1. The molecule has 0 radical (unpaired) electrons. The van der Waals surface area contributed by atoms with Gasteiger partial charge in [-0.25, -0.2) is 13.6 Å². The van der Waals surface area contributed by atoms with E-state index in [9.17, 15) is 13.6 Å². The Labute approximate surface area is 137 Å². The molecule has 1 aromatic carbocycles. The summed E-state index contributed by atoms with van der Waals surface area (Å²) < 4.78 is 42.5. The molecule has 24 heavy (non-hydrogen) atoms. The molecule has 0 amide bonds. The van der Waals surface area contributed by atoms with Crippen LogP contribution in [-0.2, 0) is 11.3 Å². The topological polar surface area (TPSA) is 57.7 Å². The maximum Gasteiger partial charge on any atom is 0.349 e. The number of ether oxygens (including phenoxy) is 3. The van der Waals surface area contributed by atoms with Gasteiger partial charge in [-0.2, -0.15) is 0 Å². The van der Waals surface area contributed by atoms with E-state index in [1.165, 1.54) is 13.8 Å². The average Bonchev–Trinajstić information content (AvgIpc) is 2.51. The molecule has 0 spiro atoms. The number of alkyl halides is 2. The highest BCUT2D eigenvalue weighted by Gasteiger charge is 2.37. The van der Waals surface area contributed by atoms with E-state index in [1.807, 2.05) is 0 Å². The second kappa shape index (κ2) is 6.07. The molecule has 2 heterocycles. The second-order valence-electron chi connectivity index (χ2n) is 5.69. The molecule has 2 aromatic rings. The number of pyridine rings is 1. The van der Waals surface area contributed by atoms with Crippen molar-refractivity contribution in [2.24, 2.45) is 0 Å². The van der Waals surface area contributed by atoms with E-state index in [1.54, 1.807) is 24.4 Å². The predicted molar refractivity (Wildman–Crippen MR) is 80.1 cm³/mol. The molecule has 0 fully saturated rings. The first-order valence-corrected chi connectivity index (χ1v) is 7.27. The van der Waals surface area contributed by atoms with Gasteiger partial charge in [-0.3, -0.25) is 4.98 Å². The van der Waals surface area contributed by atoms with Crippen LogP contribution < -0.4 is 9.47 Å². The van der Waals surface area contributed by atoms with E-state index in [4.69, 9.17) is 14.2 Å². The highest BCUT2D eigenvalue weighted by Crippen LogP contribution is 2.40. The Bertz CT molecular complexity index is 763. The van der Waals surface area contributed by atoms with Gasteiger partial charge in [-0.1, -0.05) is 6.07 Å². The van der Waals surface area contributed by atoms with Crippen LogP contribution in [0.25, 0.3) is 0 Å². The number of hydrogen-bond acceptors (Lipinski definition) is 5. The fraction of sp³-hybridized carbons (Fsp3) is 0.294. The molecule has 0 atom stereocenters. The standard InChI is InChI=1S/C17H15F2NO4/c1-17(2)23-13-8-10(15(18)19)7-12(14(13)16(21)24-17)22-9-11-5-3-4-6-20-11/h3-8,15H,9H2,1-2H3. The van der Waals surface area contributed by atoms with Gasteiger partial charge in [0.1, 0.15) is 23.7 Å². The van der Waals surface area contributed by atoms with Crippen molar-refractivity contribution in [1.29, 1.82) is 0 Å². The fourth-order valence-electron chi connectivity index (χ4n) is 2.33. The van der Waals surface area contributed by atoms with Gasteiger partial charge in [0.25, 0.3) is 6.43 Å². The predicted octanol–water partition coefficient (Wildman–Crippen LogP) is 3.88. The first-order valence-electron chi connectivity index (χ1n) is 7.27. The van der Waals surface area contributed by atoms with Crippen molar-refractivity contribution in [2.45, 2.75) is 32.7 Å². The number of cyclic esters (lactones) is 1. The molecule has 1 aliphatic heterocycles. The highest BCUT2D eigenvalue weighted by atomic mass is 19.3. The number of halogens is 2. The van der Waals surface area contributed by atoms with Crippen molar-refractivity contribution < 1.29 is 27.8 Å². The number of esters is 1. The Balaban J connectivity index is 1.98. The monoisotopic (exact) mass is 335 g/mol. The van der Waals surface area contributed by atoms with E-state index in [0.717, 1.165) is 12.1 Å². The molecule has 1 aliphatic rings. The lowest BCUT2D eigenvalue weighted by Crippen LogP contribution is -2.39. The molecule has 3 rings (SSSR count). The third kappa shape index (κ3) is 3.29. The lowest BCUT2D eigenvalue weighted by atomic mass is 10.1. The zero-order valence-electron chi connectivity index (χ0n) is 13.1. The number of nitrogens with zero attached hydrogens (tertiary/aromatic N) is 1. The molecule has 126 valence electrons. The number of fused-ring (bicyclic) bond motifs is 1. The van der Waals surface area contributed by atoms with Crippen LogP contribution in [0.2, 0.25) is 0 Å². The Hall–Kier alpha value is -2.70. The van der Waals surface area contributed by atoms with Crippen molar-refractivity contribution in [2.75, 3.05) is 0 Å². The maximum atomic E-state index is 13.1. The van der Waals surface area contributed by atoms with Crippen molar-refractivity contribution in [3.8, 4) is 11.5 Å². The molecule has 7 heteroatoms. The summed E-state index contributed by atoms with van der Waals surface area (Å²) in [5.41, 5.74) is 0.295. The van der Waals surface area contributed by atoms with Gasteiger partial charge in [-0.15, -0.1) is 0 Å². The summed E-state index contributed by atoms with van der Waals surface area (Å²) >= 11 is 0. The zero-order chi connectivity index (χ0) is 17.3. The van der Waals surface area contributed by atoms with Crippen LogP contribution in [0.3, 0.4) is 0 Å².